The third-order valence-corrected chi connectivity index (χ3v) is 2.86. The van der Waals surface area contributed by atoms with Gasteiger partial charge in [0.2, 0.25) is 0 Å². The van der Waals surface area contributed by atoms with Crippen molar-refractivity contribution in [3.05, 3.63) is 31.7 Å². The highest BCUT2D eigenvalue weighted by Gasteiger charge is 2.17. The third kappa shape index (κ3) is 3.07. The van der Waals surface area contributed by atoms with E-state index in [1.54, 1.807) is 0 Å². The molecule has 0 saturated heterocycles. The van der Waals surface area contributed by atoms with Crippen molar-refractivity contribution in [3.63, 3.8) is 0 Å². The quantitative estimate of drug-likeness (QED) is 0.658. The molecule has 0 atom stereocenters. The number of hydrogen-bond donors (Lipinski definition) is 2. The first-order valence-electron chi connectivity index (χ1n) is 4.01. The second-order valence-corrected chi connectivity index (χ2v) is 4.05. The Kier molecular flexibility index (Phi) is 4.08. The fraction of sp³-hybridized carbons (Fsp3) is 0.125. The van der Waals surface area contributed by atoms with E-state index in [4.69, 9.17) is 16.7 Å². The first-order valence-corrected chi connectivity index (χ1v) is 5.18. The summed E-state index contributed by atoms with van der Waals surface area (Å²) in [7, 11) is 0. The van der Waals surface area contributed by atoms with Crippen molar-refractivity contribution in [3.8, 4) is 0 Å². The lowest BCUT2D eigenvalue weighted by molar-refractivity contribution is -0.383. The minimum Gasteiger partial charge on any atom is -0.480 e. The number of hydrogen-bond acceptors (Lipinski definition) is 4. The van der Waals surface area contributed by atoms with Gasteiger partial charge in [-0.2, -0.15) is 0 Å². The lowest BCUT2D eigenvalue weighted by Gasteiger charge is -2.06. The Morgan fingerprint density at radius 2 is 2.25 bits per heavy atom. The SMILES string of the molecule is O=C(O)CNc1cc(Br)c(Cl)cc1[N+](=O)[O-]. The second-order valence-electron chi connectivity index (χ2n) is 2.79. The predicted octanol–water partition coefficient (Wildman–Crippen LogP) is 2.51. The number of benzene rings is 1. The Balaban J connectivity index is 3.09. The predicted molar refractivity (Wildman–Crippen MR) is 61.9 cm³/mol. The summed E-state index contributed by atoms with van der Waals surface area (Å²) in [5, 5.41) is 21.8. The Bertz CT molecular complexity index is 452. The molecule has 86 valence electrons. The van der Waals surface area contributed by atoms with Crippen molar-refractivity contribution in [1.82, 2.24) is 0 Å². The number of carboxylic acid groups (broad SMARTS) is 1. The average Bonchev–Trinajstić information content (AvgIpc) is 2.18. The molecular formula is C8H6BrClN2O4. The van der Waals surface area contributed by atoms with Gasteiger partial charge in [-0.3, -0.25) is 14.9 Å². The monoisotopic (exact) mass is 308 g/mol. The highest BCUT2D eigenvalue weighted by Crippen LogP contribution is 2.33. The number of rotatable bonds is 4. The maximum absolute atomic E-state index is 10.7. The average molecular weight is 310 g/mol. The summed E-state index contributed by atoms with van der Waals surface area (Å²) in [5.74, 6) is -1.11. The van der Waals surface area contributed by atoms with Crippen molar-refractivity contribution in [2.24, 2.45) is 0 Å². The van der Waals surface area contributed by atoms with Gasteiger partial charge in [-0.15, -0.1) is 0 Å². The zero-order valence-electron chi connectivity index (χ0n) is 7.74. The molecule has 0 amide bonds. The van der Waals surface area contributed by atoms with Gasteiger partial charge < -0.3 is 10.4 Å². The van der Waals surface area contributed by atoms with Gasteiger partial charge in [0.15, 0.2) is 0 Å². The zero-order chi connectivity index (χ0) is 12.3. The molecule has 16 heavy (non-hydrogen) atoms. The minimum absolute atomic E-state index is 0.101. The van der Waals surface area contributed by atoms with Crippen LogP contribution in [-0.2, 0) is 4.79 Å². The summed E-state index contributed by atoms with van der Waals surface area (Å²) >= 11 is 8.79. The minimum atomic E-state index is -1.11. The van der Waals surface area contributed by atoms with Crippen LogP contribution in [0.5, 0.6) is 0 Å². The number of halogens is 2. The molecule has 2 N–H and O–H groups in total. The summed E-state index contributed by atoms with van der Waals surface area (Å²) in [4.78, 5) is 20.4. The Morgan fingerprint density at radius 1 is 1.62 bits per heavy atom. The van der Waals surface area contributed by atoms with Gasteiger partial charge in [-0.1, -0.05) is 11.6 Å². The van der Waals surface area contributed by atoms with Crippen molar-refractivity contribution >= 4 is 44.9 Å². The molecule has 6 nitrogen and oxygen atoms in total. The fourth-order valence-electron chi connectivity index (χ4n) is 1.000. The molecule has 0 aliphatic rings. The van der Waals surface area contributed by atoms with E-state index >= 15 is 0 Å². The molecule has 1 aromatic rings. The van der Waals surface area contributed by atoms with Crippen LogP contribution in [0.4, 0.5) is 11.4 Å². The Hall–Kier alpha value is -1.34. The summed E-state index contributed by atoms with van der Waals surface area (Å²) in [6.45, 7) is -0.408. The fourth-order valence-corrected chi connectivity index (χ4v) is 1.50. The first-order chi connectivity index (χ1) is 7.41. The van der Waals surface area contributed by atoms with Crippen LogP contribution in [0.3, 0.4) is 0 Å². The number of nitro benzene ring substituents is 1. The van der Waals surface area contributed by atoms with E-state index in [1.165, 1.54) is 6.07 Å². The molecular weight excluding hydrogens is 303 g/mol. The van der Waals surface area contributed by atoms with Gasteiger partial charge in [0.1, 0.15) is 12.2 Å². The number of nitro groups is 1. The van der Waals surface area contributed by atoms with E-state index in [-0.39, 0.29) is 16.4 Å². The number of anilines is 1. The van der Waals surface area contributed by atoms with Crippen molar-refractivity contribution in [2.75, 3.05) is 11.9 Å². The Labute approximate surface area is 103 Å². The largest absolute Gasteiger partial charge is 0.480 e. The van der Waals surface area contributed by atoms with Crippen LogP contribution in [0.15, 0.2) is 16.6 Å². The third-order valence-electron chi connectivity index (χ3n) is 1.67. The lowest BCUT2D eigenvalue weighted by Crippen LogP contribution is -2.13. The van der Waals surface area contributed by atoms with Crippen molar-refractivity contribution < 1.29 is 14.8 Å². The van der Waals surface area contributed by atoms with Crippen molar-refractivity contribution in [2.45, 2.75) is 0 Å². The smallest absolute Gasteiger partial charge is 0.322 e. The standard InChI is InChI=1S/C8H6BrClN2O4/c9-4-1-6(11-3-8(13)14)7(12(15)16)2-5(4)10/h1-2,11H,3H2,(H,13,14). The lowest BCUT2D eigenvalue weighted by atomic mass is 10.2. The van der Waals surface area contributed by atoms with Crippen LogP contribution >= 0.6 is 27.5 Å². The van der Waals surface area contributed by atoms with E-state index in [2.05, 4.69) is 21.2 Å². The van der Waals surface area contributed by atoms with Gasteiger partial charge >= 0.3 is 5.97 Å². The van der Waals surface area contributed by atoms with Gasteiger partial charge in [0.25, 0.3) is 5.69 Å². The molecule has 0 radical (unpaired) electrons. The van der Waals surface area contributed by atoms with Crippen LogP contribution < -0.4 is 5.32 Å². The number of carbonyl (C=O) groups is 1. The van der Waals surface area contributed by atoms with Gasteiger partial charge in [-0.25, -0.2) is 0 Å². The number of carboxylic acids is 1. The molecule has 8 heteroatoms. The van der Waals surface area contributed by atoms with Crippen LogP contribution in [-0.4, -0.2) is 22.5 Å². The second kappa shape index (κ2) is 5.13. The van der Waals surface area contributed by atoms with E-state index in [0.29, 0.717) is 4.47 Å². The van der Waals surface area contributed by atoms with E-state index in [1.807, 2.05) is 0 Å². The molecule has 1 rings (SSSR count). The first kappa shape index (κ1) is 12.7. The van der Waals surface area contributed by atoms with Crippen molar-refractivity contribution in [1.29, 1.82) is 0 Å². The summed E-state index contributed by atoms with van der Waals surface area (Å²) < 4.78 is 0.452. The highest BCUT2D eigenvalue weighted by molar-refractivity contribution is 9.10. The van der Waals surface area contributed by atoms with E-state index < -0.39 is 17.4 Å². The summed E-state index contributed by atoms with van der Waals surface area (Å²) in [6, 6.07) is 2.51. The van der Waals surface area contributed by atoms with E-state index in [9.17, 15) is 14.9 Å². The number of aliphatic carboxylic acids is 1. The molecule has 0 bridgehead atoms. The molecule has 0 unspecified atom stereocenters. The molecule has 0 aromatic heterocycles. The van der Waals surface area contributed by atoms with Gasteiger partial charge in [-0.05, 0) is 22.0 Å². The molecule has 0 fully saturated rings. The molecule has 1 aromatic carbocycles. The molecule has 0 heterocycles. The summed E-state index contributed by atoms with van der Waals surface area (Å²) in [6.07, 6.45) is 0. The van der Waals surface area contributed by atoms with Crippen LogP contribution in [0.2, 0.25) is 5.02 Å². The molecule has 0 saturated carbocycles. The van der Waals surface area contributed by atoms with Gasteiger partial charge in [0.05, 0.1) is 9.95 Å². The number of nitrogens with one attached hydrogen (secondary N) is 1. The van der Waals surface area contributed by atoms with Crippen LogP contribution in [0.1, 0.15) is 0 Å². The molecule has 0 aliphatic carbocycles. The summed E-state index contributed by atoms with van der Waals surface area (Å²) in [5.41, 5.74) is -0.168. The zero-order valence-corrected chi connectivity index (χ0v) is 10.1. The Morgan fingerprint density at radius 3 is 2.75 bits per heavy atom. The topological polar surface area (TPSA) is 92.5 Å². The van der Waals surface area contributed by atoms with Crippen LogP contribution in [0, 0.1) is 10.1 Å². The molecule has 0 aliphatic heterocycles. The normalized spacial score (nSPS) is 9.88. The van der Waals surface area contributed by atoms with E-state index in [0.717, 1.165) is 6.07 Å². The van der Waals surface area contributed by atoms with Gasteiger partial charge in [0, 0.05) is 10.5 Å². The maximum atomic E-state index is 10.7. The maximum Gasteiger partial charge on any atom is 0.322 e. The number of nitrogens with zero attached hydrogens (tertiary/aromatic N) is 1. The highest BCUT2D eigenvalue weighted by atomic mass is 79.9. The molecule has 0 spiro atoms. The van der Waals surface area contributed by atoms with Crippen LogP contribution in [0.25, 0.3) is 0 Å².